The van der Waals surface area contributed by atoms with Crippen LogP contribution in [-0.2, 0) is 6.42 Å². The van der Waals surface area contributed by atoms with Crippen molar-refractivity contribution in [2.24, 2.45) is 5.10 Å². The number of nitrogens with zero attached hydrogens (tertiary/aromatic N) is 3. The molecule has 3 rings (SSSR count). The molecule has 1 heterocycles. The van der Waals surface area contributed by atoms with Gasteiger partial charge < -0.3 is 0 Å². The second-order valence-electron chi connectivity index (χ2n) is 5.03. The Hall–Kier alpha value is -2.99. The topological polar surface area (TPSA) is 83.0 Å². The van der Waals surface area contributed by atoms with Gasteiger partial charge >= 0.3 is 0 Å². The number of hydrogen-bond acceptors (Lipinski definition) is 5. The van der Waals surface area contributed by atoms with Gasteiger partial charge in [-0.3, -0.25) is 9.78 Å². The molecule has 2 aromatic carbocycles. The number of H-pyrrole nitrogens is 1. The number of aromatic nitrogens is 3. The Labute approximate surface area is 143 Å². The second kappa shape index (κ2) is 7.52. The van der Waals surface area contributed by atoms with Crippen molar-refractivity contribution in [1.29, 1.82) is 0 Å². The first kappa shape index (κ1) is 15.9. The summed E-state index contributed by atoms with van der Waals surface area (Å²) in [5, 5.41) is 12.6. The Balaban J connectivity index is 1.66. The molecule has 0 saturated carbocycles. The average molecular weight is 340 g/mol. The molecule has 1 aromatic heterocycles. The van der Waals surface area contributed by atoms with Crippen molar-refractivity contribution in [2.75, 3.05) is 5.43 Å². The normalized spacial score (nSPS) is 10.9. The smallest absolute Gasteiger partial charge is 0.274 e. The van der Waals surface area contributed by atoms with Crippen LogP contribution in [0.15, 0.2) is 64.5 Å². The van der Waals surface area contributed by atoms with Crippen molar-refractivity contribution in [1.82, 2.24) is 15.2 Å². The van der Waals surface area contributed by atoms with Gasteiger partial charge in [0.1, 0.15) is 5.69 Å². The number of hydrogen-bond donors (Lipinski definition) is 2. The van der Waals surface area contributed by atoms with Crippen LogP contribution in [0.25, 0.3) is 0 Å². The third kappa shape index (κ3) is 4.27. The molecule has 0 aliphatic rings. The van der Waals surface area contributed by atoms with E-state index in [1.54, 1.807) is 18.3 Å². The van der Waals surface area contributed by atoms with Crippen LogP contribution < -0.4 is 11.0 Å². The maximum absolute atomic E-state index is 12.1. The van der Waals surface area contributed by atoms with Crippen LogP contribution in [0.2, 0.25) is 5.02 Å². The molecule has 0 unspecified atom stereocenters. The van der Waals surface area contributed by atoms with Gasteiger partial charge in [0.25, 0.3) is 5.56 Å². The molecule has 0 bridgehead atoms. The molecule has 0 fully saturated rings. The fourth-order valence-electron chi connectivity index (χ4n) is 2.03. The van der Waals surface area contributed by atoms with Gasteiger partial charge in [-0.05, 0) is 23.3 Å². The molecule has 2 N–H and O–H groups in total. The lowest BCUT2D eigenvalue weighted by molar-refractivity contribution is 0.866. The van der Waals surface area contributed by atoms with Crippen LogP contribution in [0.5, 0.6) is 0 Å². The van der Waals surface area contributed by atoms with Crippen LogP contribution in [0.3, 0.4) is 0 Å². The van der Waals surface area contributed by atoms with Crippen LogP contribution in [0.4, 0.5) is 5.95 Å². The van der Waals surface area contributed by atoms with Gasteiger partial charge in [-0.1, -0.05) is 54.1 Å². The SMILES string of the molecule is O=c1[nH]c(N/N=C/c2ccc(Cl)cc2)nnc1Cc1ccccc1. The van der Waals surface area contributed by atoms with Crippen molar-refractivity contribution in [3.8, 4) is 0 Å². The molecule has 0 atom stereocenters. The fourth-order valence-corrected chi connectivity index (χ4v) is 2.16. The molecule has 0 aliphatic carbocycles. The molecule has 0 aliphatic heterocycles. The van der Waals surface area contributed by atoms with E-state index in [0.29, 0.717) is 17.1 Å². The highest BCUT2D eigenvalue weighted by Crippen LogP contribution is 2.08. The summed E-state index contributed by atoms with van der Waals surface area (Å²) < 4.78 is 0. The van der Waals surface area contributed by atoms with Crippen LogP contribution in [-0.4, -0.2) is 21.4 Å². The van der Waals surface area contributed by atoms with Crippen molar-refractivity contribution in [2.45, 2.75) is 6.42 Å². The molecule has 3 aromatic rings. The number of benzene rings is 2. The zero-order valence-corrected chi connectivity index (χ0v) is 13.4. The molecular formula is C17H14ClN5O. The summed E-state index contributed by atoms with van der Waals surface area (Å²) in [5.74, 6) is 0.182. The average Bonchev–Trinajstić information content (AvgIpc) is 2.60. The van der Waals surface area contributed by atoms with Gasteiger partial charge in [0.05, 0.1) is 6.21 Å². The first-order valence-corrected chi connectivity index (χ1v) is 7.63. The Morgan fingerprint density at radius 1 is 1.08 bits per heavy atom. The highest BCUT2D eigenvalue weighted by molar-refractivity contribution is 6.30. The molecular weight excluding hydrogens is 326 g/mol. The Kier molecular flexibility index (Phi) is 4.98. The minimum absolute atomic E-state index is 0.182. The molecule has 0 radical (unpaired) electrons. The standard InChI is InChI=1S/C17H14ClN5O/c18-14-8-6-13(7-9-14)11-19-22-17-20-16(24)15(21-23-17)10-12-4-2-1-3-5-12/h1-9,11H,10H2,(H2,20,22,23,24)/b19-11+. The predicted octanol–water partition coefficient (Wildman–Crippen LogP) is 2.86. The van der Waals surface area contributed by atoms with Gasteiger partial charge in [-0.2, -0.15) is 5.10 Å². The third-order valence-corrected chi connectivity index (χ3v) is 3.49. The lowest BCUT2D eigenvalue weighted by atomic mass is 10.1. The van der Waals surface area contributed by atoms with E-state index in [4.69, 9.17) is 11.6 Å². The monoisotopic (exact) mass is 339 g/mol. The number of aromatic amines is 1. The maximum Gasteiger partial charge on any atom is 0.274 e. The molecule has 7 heteroatoms. The number of anilines is 1. The van der Waals surface area contributed by atoms with E-state index in [0.717, 1.165) is 11.1 Å². The van der Waals surface area contributed by atoms with E-state index in [1.807, 2.05) is 42.5 Å². The van der Waals surface area contributed by atoms with E-state index in [1.165, 1.54) is 0 Å². The van der Waals surface area contributed by atoms with E-state index >= 15 is 0 Å². The van der Waals surface area contributed by atoms with E-state index in [-0.39, 0.29) is 11.5 Å². The number of nitrogens with one attached hydrogen (secondary N) is 2. The van der Waals surface area contributed by atoms with Crippen molar-refractivity contribution < 1.29 is 0 Å². The zero-order chi connectivity index (χ0) is 16.8. The first-order chi connectivity index (χ1) is 11.7. The quantitative estimate of drug-likeness (QED) is 0.553. The lowest BCUT2D eigenvalue weighted by Crippen LogP contribution is -2.18. The number of halogens is 1. The van der Waals surface area contributed by atoms with Crippen LogP contribution in [0.1, 0.15) is 16.8 Å². The van der Waals surface area contributed by atoms with Gasteiger partial charge in [0.15, 0.2) is 0 Å². The molecule has 120 valence electrons. The lowest BCUT2D eigenvalue weighted by Gasteiger charge is -2.01. The minimum atomic E-state index is -0.293. The number of hydrazone groups is 1. The Morgan fingerprint density at radius 2 is 1.83 bits per heavy atom. The van der Waals surface area contributed by atoms with E-state index < -0.39 is 0 Å². The maximum atomic E-state index is 12.1. The van der Waals surface area contributed by atoms with E-state index in [9.17, 15) is 4.79 Å². The highest BCUT2D eigenvalue weighted by Gasteiger charge is 2.05. The van der Waals surface area contributed by atoms with Gasteiger partial charge in [0.2, 0.25) is 5.95 Å². The van der Waals surface area contributed by atoms with Gasteiger partial charge in [-0.15, -0.1) is 10.2 Å². The summed E-state index contributed by atoms with van der Waals surface area (Å²) in [7, 11) is 0. The largest absolute Gasteiger partial charge is 0.288 e. The van der Waals surface area contributed by atoms with Crippen molar-refractivity contribution >= 4 is 23.8 Å². The third-order valence-electron chi connectivity index (χ3n) is 3.23. The summed E-state index contributed by atoms with van der Waals surface area (Å²) in [6.07, 6.45) is 2.02. The summed E-state index contributed by atoms with van der Waals surface area (Å²) >= 11 is 5.81. The van der Waals surface area contributed by atoms with Crippen molar-refractivity contribution in [3.63, 3.8) is 0 Å². The summed E-state index contributed by atoms with van der Waals surface area (Å²) in [5.41, 5.74) is 4.57. The number of rotatable bonds is 5. The molecule has 0 spiro atoms. The predicted molar refractivity (Wildman–Crippen MR) is 94.6 cm³/mol. The second-order valence-corrected chi connectivity index (χ2v) is 5.47. The van der Waals surface area contributed by atoms with Gasteiger partial charge in [-0.25, -0.2) is 5.43 Å². The first-order valence-electron chi connectivity index (χ1n) is 7.25. The van der Waals surface area contributed by atoms with Gasteiger partial charge in [0, 0.05) is 11.4 Å². The fraction of sp³-hybridized carbons (Fsp3) is 0.0588. The van der Waals surface area contributed by atoms with Crippen molar-refractivity contribution in [3.05, 3.63) is 86.8 Å². The molecule has 0 amide bonds. The Morgan fingerprint density at radius 3 is 2.54 bits per heavy atom. The van der Waals surface area contributed by atoms with E-state index in [2.05, 4.69) is 25.7 Å². The molecule has 0 saturated heterocycles. The highest BCUT2D eigenvalue weighted by atomic mass is 35.5. The summed E-state index contributed by atoms with van der Waals surface area (Å²) in [4.78, 5) is 14.7. The molecule has 6 nitrogen and oxygen atoms in total. The van der Waals surface area contributed by atoms with Crippen LogP contribution >= 0.6 is 11.6 Å². The molecule has 24 heavy (non-hydrogen) atoms. The zero-order valence-electron chi connectivity index (χ0n) is 12.6. The minimum Gasteiger partial charge on any atom is -0.288 e. The summed E-state index contributed by atoms with van der Waals surface area (Å²) in [6.45, 7) is 0. The van der Waals surface area contributed by atoms with Crippen LogP contribution in [0, 0.1) is 0 Å². The Bertz CT molecular complexity index is 891. The summed E-state index contributed by atoms with van der Waals surface area (Å²) in [6, 6.07) is 16.8.